The predicted molar refractivity (Wildman–Crippen MR) is 106 cm³/mol. The van der Waals surface area contributed by atoms with Crippen molar-refractivity contribution >= 4 is 45.0 Å². The summed E-state index contributed by atoms with van der Waals surface area (Å²) in [6.07, 6.45) is 2.72. The minimum Gasteiger partial charge on any atom is -0.348 e. The zero-order valence-corrected chi connectivity index (χ0v) is 17.1. The van der Waals surface area contributed by atoms with Crippen LogP contribution in [0.25, 0.3) is 0 Å². The molecular weight excluding hydrogens is 396 g/mol. The van der Waals surface area contributed by atoms with Crippen LogP contribution in [0.1, 0.15) is 30.1 Å². The first-order chi connectivity index (χ1) is 12.2. The lowest BCUT2D eigenvalue weighted by Gasteiger charge is -2.27. The van der Waals surface area contributed by atoms with Crippen molar-refractivity contribution in [2.75, 3.05) is 23.5 Å². The molecule has 1 heterocycles. The summed E-state index contributed by atoms with van der Waals surface area (Å²) in [5, 5.41) is 5.85. The molecule has 1 aliphatic heterocycles. The molecular formula is C17H23ClN2O4S2. The smallest absolute Gasteiger partial charge is 0.253 e. The SMILES string of the molecule is CSCC[C@@H](NC(=O)c1ccccc1Cl)C(=O)N[C@@]1(C)CCS(=O)(=O)C1. The zero-order valence-electron chi connectivity index (χ0n) is 14.7. The Morgan fingerprint density at radius 1 is 1.35 bits per heavy atom. The van der Waals surface area contributed by atoms with Gasteiger partial charge in [-0.25, -0.2) is 8.42 Å². The van der Waals surface area contributed by atoms with Gasteiger partial charge in [0.05, 0.1) is 27.6 Å². The summed E-state index contributed by atoms with van der Waals surface area (Å²) >= 11 is 7.61. The molecule has 1 aliphatic rings. The standard InChI is InChI=1S/C17H23ClN2O4S2/c1-17(8-10-26(23,24)11-17)20-16(22)14(7-9-25-2)19-15(21)12-5-3-4-6-13(12)18/h3-6,14H,7-11H2,1-2H3,(H,19,21)(H,20,22)/t14-,17+/m1/s1. The van der Waals surface area contributed by atoms with Gasteiger partial charge >= 0.3 is 0 Å². The molecule has 0 saturated carbocycles. The quantitative estimate of drug-likeness (QED) is 0.705. The maximum atomic E-state index is 12.7. The van der Waals surface area contributed by atoms with Crippen LogP contribution in [-0.2, 0) is 14.6 Å². The summed E-state index contributed by atoms with van der Waals surface area (Å²) in [4.78, 5) is 25.2. The van der Waals surface area contributed by atoms with E-state index in [1.165, 1.54) is 0 Å². The lowest BCUT2D eigenvalue weighted by molar-refractivity contribution is -0.124. The molecule has 9 heteroatoms. The molecule has 6 nitrogen and oxygen atoms in total. The highest BCUT2D eigenvalue weighted by molar-refractivity contribution is 7.98. The molecule has 2 N–H and O–H groups in total. The van der Waals surface area contributed by atoms with Crippen molar-refractivity contribution in [3.63, 3.8) is 0 Å². The van der Waals surface area contributed by atoms with Gasteiger partial charge in [-0.05, 0) is 43.9 Å². The van der Waals surface area contributed by atoms with E-state index in [9.17, 15) is 18.0 Å². The molecule has 2 amide bonds. The summed E-state index contributed by atoms with van der Waals surface area (Å²) in [7, 11) is -3.14. The van der Waals surface area contributed by atoms with E-state index in [4.69, 9.17) is 11.6 Å². The van der Waals surface area contributed by atoms with Gasteiger partial charge in [0.2, 0.25) is 5.91 Å². The van der Waals surface area contributed by atoms with Gasteiger partial charge in [-0.1, -0.05) is 23.7 Å². The molecule has 144 valence electrons. The van der Waals surface area contributed by atoms with Gasteiger partial charge < -0.3 is 10.6 Å². The third kappa shape index (κ3) is 5.62. The highest BCUT2D eigenvalue weighted by atomic mass is 35.5. The van der Waals surface area contributed by atoms with Crippen molar-refractivity contribution in [1.29, 1.82) is 0 Å². The molecule has 2 atom stereocenters. The molecule has 1 saturated heterocycles. The molecule has 0 unspecified atom stereocenters. The van der Waals surface area contributed by atoms with E-state index in [0.29, 0.717) is 29.2 Å². The van der Waals surface area contributed by atoms with Crippen LogP contribution in [0.2, 0.25) is 5.02 Å². The fraction of sp³-hybridized carbons (Fsp3) is 0.529. The lowest BCUT2D eigenvalue weighted by Crippen LogP contribution is -2.55. The van der Waals surface area contributed by atoms with Crippen molar-refractivity contribution in [1.82, 2.24) is 10.6 Å². The van der Waals surface area contributed by atoms with E-state index in [1.807, 2.05) is 6.26 Å². The van der Waals surface area contributed by atoms with Gasteiger partial charge in [0, 0.05) is 0 Å². The Labute approximate surface area is 163 Å². The Kier molecular flexibility index (Phi) is 6.99. The van der Waals surface area contributed by atoms with E-state index in [2.05, 4.69) is 10.6 Å². The number of hydrogen-bond donors (Lipinski definition) is 2. The number of hydrogen-bond acceptors (Lipinski definition) is 5. The van der Waals surface area contributed by atoms with Gasteiger partial charge in [-0.3, -0.25) is 9.59 Å². The first-order valence-electron chi connectivity index (χ1n) is 8.22. The fourth-order valence-electron chi connectivity index (χ4n) is 2.88. The first kappa shape index (κ1) is 21.1. The molecule has 1 aromatic carbocycles. The van der Waals surface area contributed by atoms with Crippen molar-refractivity contribution in [2.24, 2.45) is 0 Å². The van der Waals surface area contributed by atoms with Crippen LogP contribution in [0.3, 0.4) is 0 Å². The number of nitrogens with one attached hydrogen (secondary N) is 2. The van der Waals surface area contributed by atoms with Crippen molar-refractivity contribution in [3.8, 4) is 0 Å². The number of carbonyl (C=O) groups is 2. The molecule has 0 radical (unpaired) electrons. The summed E-state index contributed by atoms with van der Waals surface area (Å²) in [5.41, 5.74) is -0.506. The summed E-state index contributed by atoms with van der Waals surface area (Å²) in [6.45, 7) is 1.72. The molecule has 1 aromatic rings. The topological polar surface area (TPSA) is 92.3 Å². The number of rotatable bonds is 7. The van der Waals surface area contributed by atoms with Gasteiger partial charge in [0.1, 0.15) is 6.04 Å². The summed E-state index contributed by atoms with van der Waals surface area (Å²) in [6, 6.07) is 5.86. The maximum absolute atomic E-state index is 12.7. The minimum atomic E-state index is -3.14. The van der Waals surface area contributed by atoms with Crippen LogP contribution in [0.4, 0.5) is 0 Å². The zero-order chi connectivity index (χ0) is 19.4. The van der Waals surface area contributed by atoms with Gasteiger partial charge in [0.25, 0.3) is 5.91 Å². The Bertz CT molecular complexity index is 785. The highest BCUT2D eigenvalue weighted by Gasteiger charge is 2.40. The second-order valence-electron chi connectivity index (χ2n) is 6.68. The average Bonchev–Trinajstić information content (AvgIpc) is 2.84. The van der Waals surface area contributed by atoms with Crippen molar-refractivity contribution < 1.29 is 18.0 Å². The van der Waals surface area contributed by atoms with E-state index in [-0.39, 0.29) is 17.4 Å². The predicted octanol–water partition coefficient (Wildman–Crippen LogP) is 1.88. The minimum absolute atomic E-state index is 0.0608. The van der Waals surface area contributed by atoms with Crippen molar-refractivity contribution in [3.05, 3.63) is 34.9 Å². The van der Waals surface area contributed by atoms with Crippen LogP contribution in [0.5, 0.6) is 0 Å². The normalized spacial score (nSPS) is 22.6. The first-order valence-corrected chi connectivity index (χ1v) is 11.8. The third-order valence-electron chi connectivity index (χ3n) is 4.28. The maximum Gasteiger partial charge on any atom is 0.253 e. The molecule has 0 bridgehead atoms. The Morgan fingerprint density at radius 2 is 2.04 bits per heavy atom. The van der Waals surface area contributed by atoms with E-state index in [0.717, 1.165) is 0 Å². The number of thioether (sulfide) groups is 1. The number of benzene rings is 1. The van der Waals surface area contributed by atoms with E-state index >= 15 is 0 Å². The largest absolute Gasteiger partial charge is 0.348 e. The summed E-state index contributed by atoms with van der Waals surface area (Å²) < 4.78 is 23.5. The summed E-state index contributed by atoms with van der Waals surface area (Å²) in [5.74, 6) is -0.152. The molecule has 0 spiro atoms. The van der Waals surface area contributed by atoms with Crippen LogP contribution in [-0.4, -0.2) is 55.3 Å². The average molecular weight is 419 g/mol. The highest BCUT2D eigenvalue weighted by Crippen LogP contribution is 2.23. The van der Waals surface area contributed by atoms with Crippen LogP contribution < -0.4 is 10.6 Å². The number of amides is 2. The Hall–Kier alpha value is -1.25. The van der Waals surface area contributed by atoms with Crippen LogP contribution >= 0.6 is 23.4 Å². The number of carbonyl (C=O) groups excluding carboxylic acids is 2. The van der Waals surface area contributed by atoms with E-state index in [1.54, 1.807) is 43.0 Å². The fourth-order valence-corrected chi connectivity index (χ4v) is 5.67. The second kappa shape index (κ2) is 8.63. The Morgan fingerprint density at radius 3 is 2.62 bits per heavy atom. The van der Waals surface area contributed by atoms with Gasteiger partial charge in [-0.2, -0.15) is 11.8 Å². The Balaban J connectivity index is 2.10. The molecule has 0 aromatic heterocycles. The number of halogens is 1. The molecule has 1 fully saturated rings. The van der Waals surface area contributed by atoms with E-state index < -0.39 is 27.3 Å². The number of sulfone groups is 1. The van der Waals surface area contributed by atoms with Gasteiger partial charge in [-0.15, -0.1) is 0 Å². The monoisotopic (exact) mass is 418 g/mol. The third-order valence-corrected chi connectivity index (χ3v) is 7.16. The second-order valence-corrected chi connectivity index (χ2v) is 10.3. The van der Waals surface area contributed by atoms with Crippen molar-refractivity contribution in [2.45, 2.75) is 31.3 Å². The molecule has 2 rings (SSSR count). The molecule has 26 heavy (non-hydrogen) atoms. The lowest BCUT2D eigenvalue weighted by atomic mass is 10.0. The molecule has 0 aliphatic carbocycles. The van der Waals surface area contributed by atoms with Gasteiger partial charge in [0.15, 0.2) is 9.84 Å². The van der Waals surface area contributed by atoms with Crippen LogP contribution in [0.15, 0.2) is 24.3 Å². The van der Waals surface area contributed by atoms with Crippen LogP contribution in [0, 0.1) is 0 Å².